The molecule has 0 aromatic carbocycles. The highest BCUT2D eigenvalue weighted by atomic mass is 16.5. The highest BCUT2D eigenvalue weighted by Gasteiger charge is 2.56. The van der Waals surface area contributed by atoms with Gasteiger partial charge in [-0.1, -0.05) is 13.8 Å². The van der Waals surface area contributed by atoms with E-state index in [1.165, 1.54) is 0 Å². The predicted molar refractivity (Wildman–Crippen MR) is 55.5 cm³/mol. The van der Waals surface area contributed by atoms with E-state index in [1.54, 1.807) is 0 Å². The minimum atomic E-state index is -0.0161. The van der Waals surface area contributed by atoms with Crippen LogP contribution in [0.1, 0.15) is 34.6 Å². The van der Waals surface area contributed by atoms with Gasteiger partial charge in [0.15, 0.2) is 0 Å². The van der Waals surface area contributed by atoms with Crippen LogP contribution in [0.2, 0.25) is 0 Å². The fourth-order valence-electron chi connectivity index (χ4n) is 2.00. The largest absolute Gasteiger partial charge is 0.376 e. The summed E-state index contributed by atoms with van der Waals surface area (Å²) in [5.74, 6) is 1.33. The summed E-state index contributed by atoms with van der Waals surface area (Å²) in [6, 6.07) is 0. The quantitative estimate of drug-likeness (QED) is 0.730. The molecule has 0 heterocycles. The summed E-state index contributed by atoms with van der Waals surface area (Å²) in [4.78, 5) is 0. The third-order valence-electron chi connectivity index (χ3n) is 3.24. The van der Waals surface area contributed by atoms with E-state index in [9.17, 15) is 0 Å². The van der Waals surface area contributed by atoms with Crippen molar-refractivity contribution in [3.63, 3.8) is 0 Å². The Labute approximate surface area is 81.8 Å². The molecule has 2 atom stereocenters. The number of rotatable bonds is 3. The molecule has 13 heavy (non-hydrogen) atoms. The lowest BCUT2D eigenvalue weighted by atomic mass is 10.1. The van der Waals surface area contributed by atoms with E-state index in [1.807, 2.05) is 0 Å². The maximum Gasteiger partial charge on any atom is 0.0598 e. The Morgan fingerprint density at radius 3 is 2.08 bits per heavy atom. The van der Waals surface area contributed by atoms with Crippen LogP contribution in [0, 0.1) is 17.3 Å². The average Bonchev–Trinajstić information content (AvgIpc) is 2.46. The Balaban J connectivity index is 2.33. The molecule has 0 spiro atoms. The van der Waals surface area contributed by atoms with Gasteiger partial charge >= 0.3 is 0 Å². The summed E-state index contributed by atoms with van der Waals surface area (Å²) in [5.41, 5.74) is 6.07. The third-order valence-corrected chi connectivity index (χ3v) is 3.24. The van der Waals surface area contributed by atoms with E-state index < -0.39 is 0 Å². The van der Waals surface area contributed by atoms with Crippen LogP contribution in [-0.4, -0.2) is 18.8 Å². The van der Waals surface area contributed by atoms with Crippen molar-refractivity contribution < 1.29 is 4.74 Å². The van der Waals surface area contributed by atoms with Gasteiger partial charge in [-0.2, -0.15) is 0 Å². The zero-order valence-electron chi connectivity index (χ0n) is 9.55. The zero-order chi connectivity index (χ0) is 10.3. The van der Waals surface area contributed by atoms with Crippen LogP contribution in [0.3, 0.4) is 0 Å². The molecule has 2 N–H and O–H groups in total. The van der Waals surface area contributed by atoms with Crippen molar-refractivity contribution in [3.8, 4) is 0 Å². The predicted octanol–water partition coefficient (Wildman–Crippen LogP) is 2.03. The minimum Gasteiger partial charge on any atom is -0.376 e. The third kappa shape index (κ3) is 2.44. The molecule has 1 aliphatic rings. The maximum atomic E-state index is 5.77. The van der Waals surface area contributed by atoms with Crippen molar-refractivity contribution in [1.82, 2.24) is 0 Å². The van der Waals surface area contributed by atoms with Gasteiger partial charge in [-0.05, 0) is 44.6 Å². The Bertz CT molecular complexity index is 181. The summed E-state index contributed by atoms with van der Waals surface area (Å²) in [6.07, 6.45) is 0. The molecule has 1 rings (SSSR count). The van der Waals surface area contributed by atoms with E-state index in [0.717, 1.165) is 13.2 Å². The molecule has 0 bridgehead atoms. The molecular formula is C11H23NO. The van der Waals surface area contributed by atoms with Crippen molar-refractivity contribution in [3.05, 3.63) is 0 Å². The lowest BCUT2D eigenvalue weighted by Crippen LogP contribution is -2.21. The van der Waals surface area contributed by atoms with E-state index in [4.69, 9.17) is 10.5 Å². The van der Waals surface area contributed by atoms with E-state index >= 15 is 0 Å². The molecule has 1 saturated carbocycles. The molecule has 2 heteroatoms. The fraction of sp³-hybridized carbons (Fsp3) is 1.00. The Morgan fingerprint density at radius 1 is 1.23 bits per heavy atom. The normalized spacial score (nSPS) is 31.8. The molecular weight excluding hydrogens is 162 g/mol. The molecule has 78 valence electrons. The highest BCUT2D eigenvalue weighted by Crippen LogP contribution is 2.57. The van der Waals surface area contributed by atoms with Crippen molar-refractivity contribution in [2.24, 2.45) is 23.0 Å². The van der Waals surface area contributed by atoms with Gasteiger partial charge in [-0.25, -0.2) is 0 Å². The molecule has 1 aliphatic carbocycles. The van der Waals surface area contributed by atoms with Crippen molar-refractivity contribution in [1.29, 1.82) is 0 Å². The van der Waals surface area contributed by atoms with Crippen LogP contribution >= 0.6 is 0 Å². The van der Waals surface area contributed by atoms with Crippen molar-refractivity contribution in [2.45, 2.75) is 40.2 Å². The van der Waals surface area contributed by atoms with Crippen LogP contribution in [0.25, 0.3) is 0 Å². The van der Waals surface area contributed by atoms with E-state index in [-0.39, 0.29) is 5.60 Å². The zero-order valence-corrected chi connectivity index (χ0v) is 9.55. The van der Waals surface area contributed by atoms with Crippen LogP contribution in [0.4, 0.5) is 0 Å². The first kappa shape index (κ1) is 11.0. The first-order chi connectivity index (χ1) is 5.79. The summed E-state index contributed by atoms with van der Waals surface area (Å²) >= 11 is 0. The second-order valence-corrected chi connectivity index (χ2v) is 5.69. The Hall–Kier alpha value is -0.0800. The molecule has 0 saturated heterocycles. The first-order valence-electron chi connectivity index (χ1n) is 5.13. The van der Waals surface area contributed by atoms with Crippen molar-refractivity contribution >= 4 is 0 Å². The van der Waals surface area contributed by atoms with Gasteiger partial charge in [0, 0.05) is 0 Å². The summed E-state index contributed by atoms with van der Waals surface area (Å²) in [7, 11) is 0. The van der Waals surface area contributed by atoms with E-state index in [2.05, 4.69) is 34.6 Å². The van der Waals surface area contributed by atoms with Crippen LogP contribution < -0.4 is 5.73 Å². The molecule has 0 aromatic heterocycles. The van der Waals surface area contributed by atoms with Gasteiger partial charge in [0.2, 0.25) is 0 Å². The molecule has 0 radical (unpaired) electrons. The van der Waals surface area contributed by atoms with Crippen LogP contribution in [0.5, 0.6) is 0 Å². The minimum absolute atomic E-state index is 0.0161. The lowest BCUT2D eigenvalue weighted by molar-refractivity contribution is -0.0136. The second kappa shape index (κ2) is 3.25. The first-order valence-corrected chi connectivity index (χ1v) is 5.13. The summed E-state index contributed by atoms with van der Waals surface area (Å²) < 4.78 is 5.77. The van der Waals surface area contributed by atoms with Crippen LogP contribution in [0.15, 0.2) is 0 Å². The molecule has 1 fully saturated rings. The fourth-order valence-corrected chi connectivity index (χ4v) is 2.00. The summed E-state index contributed by atoms with van der Waals surface area (Å²) in [5, 5.41) is 0. The van der Waals surface area contributed by atoms with Gasteiger partial charge in [-0.3, -0.25) is 0 Å². The molecule has 2 nitrogen and oxygen atoms in total. The number of ether oxygens (including phenoxy) is 1. The van der Waals surface area contributed by atoms with Crippen molar-refractivity contribution in [2.75, 3.05) is 13.2 Å². The topological polar surface area (TPSA) is 35.2 Å². The van der Waals surface area contributed by atoms with Gasteiger partial charge in [0.1, 0.15) is 0 Å². The number of nitrogens with two attached hydrogens (primary N) is 1. The van der Waals surface area contributed by atoms with Gasteiger partial charge in [0.25, 0.3) is 0 Å². The Morgan fingerprint density at radius 2 is 1.77 bits per heavy atom. The number of hydrogen-bond acceptors (Lipinski definition) is 2. The monoisotopic (exact) mass is 185 g/mol. The molecule has 0 aliphatic heterocycles. The Kier molecular flexibility index (Phi) is 2.75. The summed E-state index contributed by atoms with van der Waals surface area (Å²) in [6.45, 7) is 12.5. The SMILES string of the molecule is CC(C)(C)OC[C@H]1[C@H](CN)C1(C)C. The van der Waals surface area contributed by atoms with Crippen LogP contribution in [-0.2, 0) is 4.74 Å². The highest BCUT2D eigenvalue weighted by molar-refractivity contribution is 5.05. The van der Waals surface area contributed by atoms with Gasteiger partial charge in [0.05, 0.1) is 12.2 Å². The standard InChI is InChI=1S/C11H23NO/c1-10(2,3)13-7-9-8(6-12)11(9,4)5/h8-9H,6-7,12H2,1-5H3/t8-,9-/m0/s1. The van der Waals surface area contributed by atoms with Gasteiger partial charge < -0.3 is 10.5 Å². The van der Waals surface area contributed by atoms with Gasteiger partial charge in [-0.15, -0.1) is 0 Å². The second-order valence-electron chi connectivity index (χ2n) is 5.69. The average molecular weight is 185 g/mol. The lowest BCUT2D eigenvalue weighted by Gasteiger charge is -2.20. The number of hydrogen-bond donors (Lipinski definition) is 1. The smallest absolute Gasteiger partial charge is 0.0598 e. The molecule has 0 aromatic rings. The van der Waals surface area contributed by atoms with E-state index in [0.29, 0.717) is 17.3 Å². The molecule has 0 unspecified atom stereocenters. The molecule has 0 amide bonds. The maximum absolute atomic E-state index is 5.77.